The maximum absolute atomic E-state index is 6.12. The number of halogens is 1. The SMILES string of the molecule is Cc1ccc(Cl)cc1N1CCC(C)(N)C1. The van der Waals surface area contributed by atoms with Gasteiger partial charge in [0.05, 0.1) is 0 Å². The molecular formula is C12H17ClN2. The Bertz CT molecular complexity index is 374. The zero-order chi connectivity index (χ0) is 11.1. The van der Waals surface area contributed by atoms with Gasteiger partial charge in [0, 0.05) is 29.3 Å². The van der Waals surface area contributed by atoms with Crippen LogP contribution < -0.4 is 10.6 Å². The van der Waals surface area contributed by atoms with Crippen molar-refractivity contribution in [1.82, 2.24) is 0 Å². The number of benzene rings is 1. The zero-order valence-electron chi connectivity index (χ0n) is 9.26. The van der Waals surface area contributed by atoms with E-state index in [0.29, 0.717) is 0 Å². The lowest BCUT2D eigenvalue weighted by Gasteiger charge is -2.23. The summed E-state index contributed by atoms with van der Waals surface area (Å²) in [5, 5.41) is 0.793. The van der Waals surface area contributed by atoms with Gasteiger partial charge in [-0.25, -0.2) is 0 Å². The monoisotopic (exact) mass is 224 g/mol. The van der Waals surface area contributed by atoms with Crippen molar-refractivity contribution in [2.75, 3.05) is 18.0 Å². The van der Waals surface area contributed by atoms with Crippen LogP contribution in [0.4, 0.5) is 5.69 Å². The molecule has 0 amide bonds. The van der Waals surface area contributed by atoms with Gasteiger partial charge in [-0.15, -0.1) is 0 Å². The fourth-order valence-electron chi connectivity index (χ4n) is 2.11. The van der Waals surface area contributed by atoms with Crippen molar-refractivity contribution in [1.29, 1.82) is 0 Å². The van der Waals surface area contributed by atoms with Crippen molar-refractivity contribution in [3.05, 3.63) is 28.8 Å². The van der Waals surface area contributed by atoms with E-state index in [1.807, 2.05) is 12.1 Å². The molecule has 0 aliphatic carbocycles. The molecule has 2 rings (SSSR count). The minimum atomic E-state index is -0.0608. The summed E-state index contributed by atoms with van der Waals surface area (Å²) in [5.74, 6) is 0. The summed E-state index contributed by atoms with van der Waals surface area (Å²) < 4.78 is 0. The molecule has 1 aromatic carbocycles. The fraction of sp³-hybridized carbons (Fsp3) is 0.500. The standard InChI is InChI=1S/C12H17ClN2/c1-9-3-4-10(13)7-11(9)15-6-5-12(2,14)8-15/h3-4,7H,5-6,8,14H2,1-2H3. The second-order valence-corrected chi connectivity index (χ2v) is 5.19. The van der Waals surface area contributed by atoms with E-state index >= 15 is 0 Å². The summed E-state index contributed by atoms with van der Waals surface area (Å²) in [6.07, 6.45) is 1.04. The summed E-state index contributed by atoms with van der Waals surface area (Å²) in [4.78, 5) is 2.32. The van der Waals surface area contributed by atoms with E-state index < -0.39 is 0 Å². The molecule has 1 saturated heterocycles. The molecule has 1 fully saturated rings. The minimum Gasteiger partial charge on any atom is -0.369 e. The lowest BCUT2D eigenvalue weighted by Crippen LogP contribution is -2.39. The molecule has 0 radical (unpaired) electrons. The second kappa shape index (κ2) is 3.69. The number of rotatable bonds is 1. The van der Waals surface area contributed by atoms with E-state index in [2.05, 4.69) is 24.8 Å². The third kappa shape index (κ3) is 2.27. The summed E-state index contributed by atoms with van der Waals surface area (Å²) in [7, 11) is 0. The smallest absolute Gasteiger partial charge is 0.0426 e. The molecule has 3 heteroatoms. The molecular weight excluding hydrogens is 208 g/mol. The van der Waals surface area contributed by atoms with Crippen LogP contribution >= 0.6 is 11.6 Å². The Balaban J connectivity index is 2.27. The van der Waals surface area contributed by atoms with E-state index in [1.54, 1.807) is 0 Å². The normalized spacial score (nSPS) is 26.0. The van der Waals surface area contributed by atoms with Crippen molar-refractivity contribution < 1.29 is 0 Å². The van der Waals surface area contributed by atoms with Crippen LogP contribution in [-0.4, -0.2) is 18.6 Å². The first-order valence-corrected chi connectivity index (χ1v) is 5.66. The highest BCUT2D eigenvalue weighted by Gasteiger charge is 2.30. The first-order valence-electron chi connectivity index (χ1n) is 5.28. The lowest BCUT2D eigenvalue weighted by molar-refractivity contribution is 0.525. The molecule has 82 valence electrons. The van der Waals surface area contributed by atoms with Gasteiger partial charge in [-0.1, -0.05) is 17.7 Å². The molecule has 1 atom stereocenters. The van der Waals surface area contributed by atoms with Gasteiger partial charge in [0.2, 0.25) is 0 Å². The number of hydrogen-bond donors (Lipinski definition) is 1. The summed E-state index contributed by atoms with van der Waals surface area (Å²) >= 11 is 6.01. The van der Waals surface area contributed by atoms with Crippen molar-refractivity contribution in [2.24, 2.45) is 5.73 Å². The average molecular weight is 225 g/mol. The molecule has 1 aliphatic heterocycles. The Labute approximate surface area is 96.0 Å². The van der Waals surface area contributed by atoms with Crippen molar-refractivity contribution >= 4 is 17.3 Å². The van der Waals surface area contributed by atoms with Gasteiger partial charge in [0.15, 0.2) is 0 Å². The number of aryl methyl sites for hydroxylation is 1. The maximum Gasteiger partial charge on any atom is 0.0426 e. The predicted molar refractivity (Wildman–Crippen MR) is 65.6 cm³/mol. The van der Waals surface area contributed by atoms with Crippen molar-refractivity contribution in [3.8, 4) is 0 Å². The highest BCUT2D eigenvalue weighted by Crippen LogP contribution is 2.29. The molecule has 1 aromatic rings. The lowest BCUT2D eigenvalue weighted by atomic mass is 10.0. The number of nitrogens with zero attached hydrogens (tertiary/aromatic N) is 1. The molecule has 0 saturated carbocycles. The van der Waals surface area contributed by atoms with Crippen molar-refractivity contribution in [2.45, 2.75) is 25.8 Å². The molecule has 2 N–H and O–H groups in total. The molecule has 0 spiro atoms. The van der Waals surface area contributed by atoms with Gasteiger partial charge in [0.1, 0.15) is 0 Å². The Kier molecular flexibility index (Phi) is 2.65. The first kappa shape index (κ1) is 10.8. The van der Waals surface area contributed by atoms with Crippen LogP contribution in [0.5, 0.6) is 0 Å². The summed E-state index contributed by atoms with van der Waals surface area (Å²) in [5.41, 5.74) is 8.54. The molecule has 0 aromatic heterocycles. The molecule has 1 unspecified atom stereocenters. The zero-order valence-corrected chi connectivity index (χ0v) is 10.0. The Morgan fingerprint density at radius 2 is 2.20 bits per heavy atom. The van der Waals surface area contributed by atoms with Gasteiger partial charge in [-0.3, -0.25) is 0 Å². The maximum atomic E-state index is 6.12. The van der Waals surface area contributed by atoms with Crippen LogP contribution in [0, 0.1) is 6.92 Å². The first-order chi connectivity index (χ1) is 6.98. The van der Waals surface area contributed by atoms with E-state index in [-0.39, 0.29) is 5.54 Å². The average Bonchev–Trinajstić information content (AvgIpc) is 2.50. The third-order valence-electron chi connectivity index (χ3n) is 3.02. The Morgan fingerprint density at radius 3 is 2.80 bits per heavy atom. The topological polar surface area (TPSA) is 29.3 Å². The van der Waals surface area contributed by atoms with E-state index in [1.165, 1.54) is 11.3 Å². The van der Waals surface area contributed by atoms with Crippen LogP contribution in [0.3, 0.4) is 0 Å². The van der Waals surface area contributed by atoms with Crippen molar-refractivity contribution in [3.63, 3.8) is 0 Å². The number of hydrogen-bond acceptors (Lipinski definition) is 2. The number of anilines is 1. The van der Waals surface area contributed by atoms with Gasteiger partial charge < -0.3 is 10.6 Å². The van der Waals surface area contributed by atoms with Gasteiger partial charge in [0.25, 0.3) is 0 Å². The van der Waals surface area contributed by atoms with Crippen LogP contribution in [0.1, 0.15) is 18.9 Å². The summed E-state index contributed by atoms with van der Waals surface area (Å²) in [6, 6.07) is 6.01. The Morgan fingerprint density at radius 1 is 1.47 bits per heavy atom. The molecule has 0 bridgehead atoms. The third-order valence-corrected chi connectivity index (χ3v) is 3.25. The molecule has 1 heterocycles. The molecule has 1 aliphatic rings. The Hall–Kier alpha value is -0.730. The summed E-state index contributed by atoms with van der Waals surface area (Å²) in [6.45, 7) is 6.15. The highest BCUT2D eigenvalue weighted by atomic mass is 35.5. The number of nitrogens with two attached hydrogens (primary N) is 1. The van der Waals surface area contributed by atoms with E-state index in [4.69, 9.17) is 17.3 Å². The fourth-order valence-corrected chi connectivity index (χ4v) is 2.28. The van der Waals surface area contributed by atoms with Crippen LogP contribution in [0.15, 0.2) is 18.2 Å². The largest absolute Gasteiger partial charge is 0.369 e. The van der Waals surface area contributed by atoms with Gasteiger partial charge in [-0.05, 0) is 38.0 Å². The van der Waals surface area contributed by atoms with Gasteiger partial charge >= 0.3 is 0 Å². The highest BCUT2D eigenvalue weighted by molar-refractivity contribution is 6.30. The quantitative estimate of drug-likeness (QED) is 0.795. The van der Waals surface area contributed by atoms with Gasteiger partial charge in [-0.2, -0.15) is 0 Å². The predicted octanol–water partition coefficient (Wildman–Crippen LogP) is 2.58. The second-order valence-electron chi connectivity index (χ2n) is 4.76. The van der Waals surface area contributed by atoms with E-state index in [9.17, 15) is 0 Å². The van der Waals surface area contributed by atoms with Crippen LogP contribution in [-0.2, 0) is 0 Å². The van der Waals surface area contributed by atoms with Crippen LogP contribution in [0.2, 0.25) is 5.02 Å². The van der Waals surface area contributed by atoms with E-state index in [0.717, 1.165) is 24.5 Å². The molecule has 15 heavy (non-hydrogen) atoms. The van der Waals surface area contributed by atoms with Crippen LogP contribution in [0.25, 0.3) is 0 Å². The minimum absolute atomic E-state index is 0.0608. The molecule has 2 nitrogen and oxygen atoms in total.